The predicted molar refractivity (Wildman–Crippen MR) is 72.8 cm³/mol. The van der Waals surface area contributed by atoms with Crippen molar-refractivity contribution in [3.8, 4) is 0 Å². The number of anilines is 1. The first kappa shape index (κ1) is 14.3. The maximum Gasteiger partial charge on any atom is 0.356 e. The van der Waals surface area contributed by atoms with Gasteiger partial charge in [0.1, 0.15) is 5.69 Å². The summed E-state index contributed by atoms with van der Waals surface area (Å²) in [5, 5.41) is 9.21. The number of aliphatic carboxylic acids is 1. The zero-order valence-corrected chi connectivity index (χ0v) is 11.6. The second-order valence-electron chi connectivity index (χ2n) is 5.24. The van der Waals surface area contributed by atoms with Gasteiger partial charge in [-0.15, -0.1) is 0 Å². The average molecular weight is 278 g/mol. The highest BCUT2D eigenvalue weighted by molar-refractivity contribution is 5.88. The minimum Gasteiger partial charge on any atom is -0.481 e. The molecule has 1 aromatic rings. The van der Waals surface area contributed by atoms with Crippen LogP contribution in [-0.2, 0) is 9.53 Å². The first-order valence-electron chi connectivity index (χ1n) is 6.49. The fraction of sp³-hybridized carbons (Fsp3) is 0.500. The largest absolute Gasteiger partial charge is 0.481 e. The van der Waals surface area contributed by atoms with Gasteiger partial charge < -0.3 is 14.7 Å². The topological polar surface area (TPSA) is 79.7 Å². The number of carboxylic acid groups (broad SMARTS) is 1. The van der Waals surface area contributed by atoms with E-state index in [9.17, 15) is 14.7 Å². The Hall–Kier alpha value is -2.11. The van der Waals surface area contributed by atoms with Crippen molar-refractivity contribution >= 4 is 17.6 Å². The minimum absolute atomic E-state index is 0.261. The second kappa shape index (κ2) is 5.48. The van der Waals surface area contributed by atoms with Gasteiger partial charge in [0.05, 0.1) is 12.5 Å². The van der Waals surface area contributed by atoms with Gasteiger partial charge >= 0.3 is 11.9 Å². The Morgan fingerprint density at radius 3 is 2.60 bits per heavy atom. The number of aromatic nitrogens is 1. The average Bonchev–Trinajstić information content (AvgIpc) is 2.47. The van der Waals surface area contributed by atoms with Gasteiger partial charge in [0.25, 0.3) is 0 Å². The van der Waals surface area contributed by atoms with E-state index >= 15 is 0 Å². The SMILES string of the molecule is COC(=O)c1cc(N2CCC(C)(C(=O)O)CC2)ccn1. The summed E-state index contributed by atoms with van der Waals surface area (Å²) < 4.78 is 4.65. The van der Waals surface area contributed by atoms with E-state index in [0.717, 1.165) is 5.69 Å². The molecule has 0 aromatic carbocycles. The number of carbonyl (C=O) groups is 2. The van der Waals surface area contributed by atoms with E-state index in [0.29, 0.717) is 25.9 Å². The molecule has 6 heteroatoms. The van der Waals surface area contributed by atoms with Crippen LogP contribution in [0.2, 0.25) is 0 Å². The van der Waals surface area contributed by atoms with E-state index in [1.54, 1.807) is 19.2 Å². The quantitative estimate of drug-likeness (QED) is 0.845. The van der Waals surface area contributed by atoms with Gasteiger partial charge in [0, 0.05) is 25.0 Å². The van der Waals surface area contributed by atoms with Crippen molar-refractivity contribution in [2.24, 2.45) is 5.41 Å². The van der Waals surface area contributed by atoms with E-state index in [-0.39, 0.29) is 5.69 Å². The summed E-state index contributed by atoms with van der Waals surface area (Å²) in [5.74, 6) is -1.22. The lowest BCUT2D eigenvalue weighted by Crippen LogP contribution is -2.42. The van der Waals surface area contributed by atoms with Gasteiger partial charge in [-0.05, 0) is 31.9 Å². The summed E-state index contributed by atoms with van der Waals surface area (Å²) in [5.41, 5.74) is 0.471. The van der Waals surface area contributed by atoms with Gasteiger partial charge in [0.2, 0.25) is 0 Å². The number of nitrogens with zero attached hydrogens (tertiary/aromatic N) is 2. The maximum absolute atomic E-state index is 11.5. The van der Waals surface area contributed by atoms with Crippen molar-refractivity contribution in [2.75, 3.05) is 25.1 Å². The van der Waals surface area contributed by atoms with Crippen LogP contribution in [0.5, 0.6) is 0 Å². The normalized spacial score (nSPS) is 17.6. The molecule has 0 radical (unpaired) electrons. The van der Waals surface area contributed by atoms with Crippen molar-refractivity contribution in [1.29, 1.82) is 0 Å². The fourth-order valence-electron chi connectivity index (χ4n) is 2.30. The third kappa shape index (κ3) is 2.74. The lowest BCUT2D eigenvalue weighted by molar-refractivity contribution is -0.149. The van der Waals surface area contributed by atoms with Gasteiger partial charge in [-0.3, -0.25) is 4.79 Å². The summed E-state index contributed by atoms with van der Waals surface area (Å²) >= 11 is 0. The summed E-state index contributed by atoms with van der Waals surface area (Å²) in [6, 6.07) is 3.49. The monoisotopic (exact) mass is 278 g/mol. The third-order valence-corrected chi connectivity index (χ3v) is 3.89. The zero-order valence-electron chi connectivity index (χ0n) is 11.6. The lowest BCUT2D eigenvalue weighted by atomic mass is 9.80. The summed E-state index contributed by atoms with van der Waals surface area (Å²) in [6.07, 6.45) is 2.73. The number of piperidine rings is 1. The number of hydrogen-bond acceptors (Lipinski definition) is 5. The molecular formula is C14H18N2O4. The van der Waals surface area contributed by atoms with Gasteiger partial charge in [0.15, 0.2) is 0 Å². The van der Waals surface area contributed by atoms with Crippen LogP contribution in [0.25, 0.3) is 0 Å². The van der Waals surface area contributed by atoms with Gasteiger partial charge in [-0.2, -0.15) is 0 Å². The van der Waals surface area contributed by atoms with Crippen LogP contribution in [0.15, 0.2) is 18.3 Å². The van der Waals surface area contributed by atoms with E-state index in [1.165, 1.54) is 7.11 Å². The number of pyridine rings is 1. The number of carboxylic acids is 1. The van der Waals surface area contributed by atoms with Gasteiger partial charge in [-0.25, -0.2) is 9.78 Å². The van der Waals surface area contributed by atoms with Crippen LogP contribution in [0.1, 0.15) is 30.3 Å². The number of rotatable bonds is 3. The smallest absolute Gasteiger partial charge is 0.356 e. The maximum atomic E-state index is 11.5. The molecule has 1 aliphatic heterocycles. The minimum atomic E-state index is -0.748. The van der Waals surface area contributed by atoms with Crippen LogP contribution in [0.3, 0.4) is 0 Å². The predicted octanol–water partition coefficient (Wildman–Crippen LogP) is 1.56. The number of methoxy groups -OCH3 is 1. The Morgan fingerprint density at radius 1 is 1.40 bits per heavy atom. The molecule has 0 amide bonds. The third-order valence-electron chi connectivity index (χ3n) is 3.89. The van der Waals surface area contributed by atoms with Crippen LogP contribution in [0, 0.1) is 5.41 Å². The Morgan fingerprint density at radius 2 is 2.05 bits per heavy atom. The van der Waals surface area contributed by atoms with Crippen LogP contribution < -0.4 is 4.90 Å². The molecule has 0 atom stereocenters. The van der Waals surface area contributed by atoms with E-state index in [4.69, 9.17) is 0 Å². The Bertz CT molecular complexity index is 522. The van der Waals surface area contributed by atoms with Gasteiger partial charge in [-0.1, -0.05) is 0 Å². The highest BCUT2D eigenvalue weighted by atomic mass is 16.5. The summed E-state index contributed by atoms with van der Waals surface area (Å²) in [7, 11) is 1.32. The Balaban J connectivity index is 2.11. The standard InChI is InChI=1S/C14H18N2O4/c1-14(13(18)19)4-7-16(8-5-14)10-3-6-15-11(9-10)12(17)20-2/h3,6,9H,4-5,7-8H2,1-2H3,(H,18,19). The molecule has 0 spiro atoms. The molecule has 2 rings (SSSR count). The molecule has 2 heterocycles. The molecule has 1 aromatic heterocycles. The molecule has 0 aliphatic carbocycles. The first-order valence-corrected chi connectivity index (χ1v) is 6.49. The molecule has 1 fully saturated rings. The Kier molecular flexibility index (Phi) is 3.92. The molecule has 0 unspecified atom stereocenters. The van der Waals surface area contributed by atoms with Crippen molar-refractivity contribution < 1.29 is 19.4 Å². The molecule has 20 heavy (non-hydrogen) atoms. The number of esters is 1. The number of hydrogen-bond donors (Lipinski definition) is 1. The van der Waals surface area contributed by atoms with E-state index in [1.807, 2.05) is 6.07 Å². The van der Waals surface area contributed by atoms with Crippen molar-refractivity contribution in [1.82, 2.24) is 4.98 Å². The molecule has 0 saturated carbocycles. The number of ether oxygens (including phenoxy) is 1. The van der Waals surface area contributed by atoms with Crippen LogP contribution in [-0.4, -0.2) is 42.2 Å². The summed E-state index contributed by atoms with van der Waals surface area (Å²) in [4.78, 5) is 28.7. The van der Waals surface area contributed by atoms with Crippen LogP contribution >= 0.6 is 0 Å². The Labute approximate surface area is 117 Å². The molecule has 6 nitrogen and oxygen atoms in total. The molecule has 1 aliphatic rings. The van der Waals surface area contributed by atoms with Crippen molar-refractivity contribution in [3.63, 3.8) is 0 Å². The second-order valence-corrected chi connectivity index (χ2v) is 5.24. The molecule has 108 valence electrons. The molecule has 0 bridgehead atoms. The van der Waals surface area contributed by atoms with E-state index < -0.39 is 17.4 Å². The highest BCUT2D eigenvalue weighted by Crippen LogP contribution is 2.33. The van der Waals surface area contributed by atoms with E-state index in [2.05, 4.69) is 14.6 Å². The molecule has 1 saturated heterocycles. The van der Waals surface area contributed by atoms with Crippen molar-refractivity contribution in [3.05, 3.63) is 24.0 Å². The molecule has 1 N–H and O–H groups in total. The van der Waals surface area contributed by atoms with Crippen LogP contribution in [0.4, 0.5) is 5.69 Å². The zero-order chi connectivity index (χ0) is 14.8. The molecular weight excluding hydrogens is 260 g/mol. The van der Waals surface area contributed by atoms with Crippen molar-refractivity contribution in [2.45, 2.75) is 19.8 Å². The lowest BCUT2D eigenvalue weighted by Gasteiger charge is -2.37. The highest BCUT2D eigenvalue weighted by Gasteiger charge is 2.36. The number of carbonyl (C=O) groups excluding carboxylic acids is 1. The first-order chi connectivity index (χ1) is 9.46. The fourth-order valence-corrected chi connectivity index (χ4v) is 2.30. The summed E-state index contributed by atoms with van der Waals surface area (Å²) in [6.45, 7) is 3.07.